The van der Waals surface area contributed by atoms with Crippen molar-refractivity contribution in [2.24, 2.45) is 0 Å². The van der Waals surface area contributed by atoms with Gasteiger partial charge in [-0.2, -0.15) is 0 Å². The molecule has 1 N–H and O–H groups in total. The molecule has 0 spiro atoms. The second kappa shape index (κ2) is 7.34. The van der Waals surface area contributed by atoms with Crippen LogP contribution in [0.1, 0.15) is 25.3 Å². The fourth-order valence-electron chi connectivity index (χ4n) is 2.42. The van der Waals surface area contributed by atoms with Crippen LogP contribution in [0.3, 0.4) is 0 Å². The summed E-state index contributed by atoms with van der Waals surface area (Å²) in [6, 6.07) is 8.86. The summed E-state index contributed by atoms with van der Waals surface area (Å²) in [5, 5.41) is 4.26. The average molecular weight is 289 g/mol. The lowest BCUT2D eigenvalue weighted by atomic mass is 9.99. The van der Waals surface area contributed by atoms with E-state index in [1.165, 1.54) is 5.56 Å². The van der Waals surface area contributed by atoms with E-state index >= 15 is 0 Å². The van der Waals surface area contributed by atoms with Crippen LogP contribution < -0.4 is 5.32 Å². The molecule has 1 saturated heterocycles. The van der Waals surface area contributed by atoms with Crippen LogP contribution in [0.25, 0.3) is 0 Å². The highest BCUT2D eigenvalue weighted by Crippen LogP contribution is 2.21. The van der Waals surface area contributed by atoms with Gasteiger partial charge in [-0.15, -0.1) is 12.4 Å². The molecule has 0 saturated carbocycles. The van der Waals surface area contributed by atoms with Gasteiger partial charge >= 0.3 is 0 Å². The van der Waals surface area contributed by atoms with Gasteiger partial charge in [0.1, 0.15) is 0 Å². The molecule has 2 rings (SSSR count). The first-order valence-electron chi connectivity index (χ1n) is 6.37. The van der Waals surface area contributed by atoms with E-state index in [4.69, 9.17) is 11.6 Å². The predicted molar refractivity (Wildman–Crippen MR) is 81.0 cm³/mol. The molecule has 102 valence electrons. The molecular formula is C14H22Cl2N2. The molecular weight excluding hydrogens is 267 g/mol. The Kier molecular flexibility index (Phi) is 6.44. The predicted octanol–water partition coefficient (Wildman–Crippen LogP) is 3.16. The monoisotopic (exact) mass is 288 g/mol. The highest BCUT2D eigenvalue weighted by molar-refractivity contribution is 6.30. The summed E-state index contributed by atoms with van der Waals surface area (Å²) in [6.45, 7) is 9.03. The Morgan fingerprint density at radius 1 is 1.50 bits per heavy atom. The highest BCUT2D eigenvalue weighted by Gasteiger charge is 2.20. The summed E-state index contributed by atoms with van der Waals surface area (Å²) in [5.41, 5.74) is 1.34. The van der Waals surface area contributed by atoms with Crippen LogP contribution in [0.4, 0.5) is 0 Å². The second-order valence-corrected chi connectivity index (χ2v) is 5.44. The van der Waals surface area contributed by atoms with Crippen molar-refractivity contribution in [2.75, 3.05) is 26.2 Å². The quantitative estimate of drug-likeness (QED) is 0.919. The fraction of sp³-hybridized carbons (Fsp3) is 0.571. The number of hydrogen-bond donors (Lipinski definition) is 1. The Balaban J connectivity index is 0.00000162. The van der Waals surface area contributed by atoms with Gasteiger partial charge in [-0.3, -0.25) is 4.90 Å². The number of benzene rings is 1. The SMILES string of the molecule is CC(CN1CCNC[C@@H]1C)c1cccc(Cl)c1.Cl. The molecule has 0 amide bonds. The maximum absolute atomic E-state index is 6.04. The zero-order chi connectivity index (χ0) is 12.3. The van der Waals surface area contributed by atoms with Crippen molar-refractivity contribution in [3.63, 3.8) is 0 Å². The summed E-state index contributed by atoms with van der Waals surface area (Å²) < 4.78 is 0. The maximum atomic E-state index is 6.04. The van der Waals surface area contributed by atoms with Gasteiger partial charge in [0.15, 0.2) is 0 Å². The smallest absolute Gasteiger partial charge is 0.0408 e. The standard InChI is InChI=1S/C14H21ClN2.ClH/c1-11(13-4-3-5-14(15)8-13)10-17-7-6-16-9-12(17)2;/h3-5,8,11-12,16H,6-7,9-10H2,1-2H3;1H/t11?,12-;/m0./s1. The van der Waals surface area contributed by atoms with Gasteiger partial charge in [0.25, 0.3) is 0 Å². The Hall–Kier alpha value is -0.280. The second-order valence-electron chi connectivity index (χ2n) is 5.00. The van der Waals surface area contributed by atoms with Crippen LogP contribution >= 0.6 is 24.0 Å². The minimum atomic E-state index is 0. The van der Waals surface area contributed by atoms with E-state index in [9.17, 15) is 0 Å². The Morgan fingerprint density at radius 2 is 2.28 bits per heavy atom. The summed E-state index contributed by atoms with van der Waals surface area (Å²) in [4.78, 5) is 2.56. The third kappa shape index (κ3) is 4.13. The molecule has 2 nitrogen and oxygen atoms in total. The topological polar surface area (TPSA) is 15.3 Å². The molecule has 1 aromatic carbocycles. The van der Waals surface area contributed by atoms with Gasteiger partial charge in [0.05, 0.1) is 0 Å². The molecule has 2 atom stereocenters. The van der Waals surface area contributed by atoms with E-state index in [0.717, 1.165) is 31.2 Å². The molecule has 0 aliphatic carbocycles. The number of piperazine rings is 1. The van der Waals surface area contributed by atoms with E-state index in [1.807, 2.05) is 12.1 Å². The van der Waals surface area contributed by atoms with Crippen LogP contribution in [-0.2, 0) is 0 Å². The molecule has 4 heteroatoms. The zero-order valence-corrected chi connectivity index (χ0v) is 12.6. The number of rotatable bonds is 3. The first-order valence-corrected chi connectivity index (χ1v) is 6.75. The number of nitrogens with one attached hydrogen (secondary N) is 1. The minimum absolute atomic E-state index is 0. The van der Waals surface area contributed by atoms with E-state index in [1.54, 1.807) is 0 Å². The third-order valence-corrected chi connectivity index (χ3v) is 3.80. The lowest BCUT2D eigenvalue weighted by Crippen LogP contribution is -2.50. The molecule has 1 aliphatic heterocycles. The lowest BCUT2D eigenvalue weighted by Gasteiger charge is -2.35. The van der Waals surface area contributed by atoms with Crippen LogP contribution in [0, 0.1) is 0 Å². The van der Waals surface area contributed by atoms with Crippen molar-refractivity contribution in [1.82, 2.24) is 10.2 Å². The van der Waals surface area contributed by atoms with Crippen LogP contribution in [-0.4, -0.2) is 37.1 Å². The number of hydrogen-bond acceptors (Lipinski definition) is 2. The Bertz CT molecular complexity index is 371. The summed E-state index contributed by atoms with van der Waals surface area (Å²) in [6.07, 6.45) is 0. The van der Waals surface area contributed by atoms with Gasteiger partial charge < -0.3 is 5.32 Å². The molecule has 0 bridgehead atoms. The van der Waals surface area contributed by atoms with Crippen molar-refractivity contribution < 1.29 is 0 Å². The summed E-state index contributed by atoms with van der Waals surface area (Å²) in [5.74, 6) is 0.536. The molecule has 0 radical (unpaired) electrons. The maximum Gasteiger partial charge on any atom is 0.0408 e. The van der Waals surface area contributed by atoms with E-state index in [-0.39, 0.29) is 12.4 Å². The molecule has 1 unspecified atom stereocenters. The fourth-order valence-corrected chi connectivity index (χ4v) is 2.62. The normalized spacial score (nSPS) is 22.3. The zero-order valence-electron chi connectivity index (χ0n) is 11.0. The Labute approximate surface area is 121 Å². The van der Waals surface area contributed by atoms with Crippen LogP contribution in [0.5, 0.6) is 0 Å². The van der Waals surface area contributed by atoms with Crippen molar-refractivity contribution in [2.45, 2.75) is 25.8 Å². The highest BCUT2D eigenvalue weighted by atomic mass is 35.5. The molecule has 18 heavy (non-hydrogen) atoms. The van der Waals surface area contributed by atoms with Crippen LogP contribution in [0.15, 0.2) is 24.3 Å². The van der Waals surface area contributed by atoms with Gasteiger partial charge in [-0.25, -0.2) is 0 Å². The van der Waals surface area contributed by atoms with Crippen molar-refractivity contribution in [3.8, 4) is 0 Å². The Morgan fingerprint density at radius 3 is 2.94 bits per heavy atom. The van der Waals surface area contributed by atoms with Gasteiger partial charge in [0, 0.05) is 37.2 Å². The summed E-state index contributed by atoms with van der Waals surface area (Å²) in [7, 11) is 0. The van der Waals surface area contributed by atoms with Gasteiger partial charge in [0.2, 0.25) is 0 Å². The van der Waals surface area contributed by atoms with Crippen LogP contribution in [0.2, 0.25) is 5.02 Å². The van der Waals surface area contributed by atoms with E-state index in [2.05, 4.69) is 36.2 Å². The molecule has 0 aromatic heterocycles. The summed E-state index contributed by atoms with van der Waals surface area (Å²) >= 11 is 6.04. The number of halogens is 2. The molecule has 1 aliphatic rings. The average Bonchev–Trinajstić information content (AvgIpc) is 2.32. The lowest BCUT2D eigenvalue weighted by molar-refractivity contribution is 0.166. The minimum Gasteiger partial charge on any atom is -0.314 e. The van der Waals surface area contributed by atoms with Crippen molar-refractivity contribution in [3.05, 3.63) is 34.9 Å². The first kappa shape index (κ1) is 15.8. The molecule has 1 fully saturated rings. The van der Waals surface area contributed by atoms with E-state index < -0.39 is 0 Å². The molecule has 1 aromatic rings. The van der Waals surface area contributed by atoms with Crippen molar-refractivity contribution in [1.29, 1.82) is 0 Å². The number of nitrogens with zero attached hydrogens (tertiary/aromatic N) is 1. The third-order valence-electron chi connectivity index (χ3n) is 3.56. The van der Waals surface area contributed by atoms with Gasteiger partial charge in [-0.1, -0.05) is 30.7 Å². The first-order chi connectivity index (χ1) is 8.16. The molecule has 1 heterocycles. The largest absolute Gasteiger partial charge is 0.314 e. The van der Waals surface area contributed by atoms with Gasteiger partial charge in [-0.05, 0) is 30.5 Å². The van der Waals surface area contributed by atoms with Crippen molar-refractivity contribution >= 4 is 24.0 Å². The van der Waals surface area contributed by atoms with E-state index in [0.29, 0.717) is 12.0 Å².